The molecular weight excluding hydrogens is 327 g/mol. The largest absolute Gasteiger partial charge is 0.357 e. The highest BCUT2D eigenvalue weighted by Gasteiger charge is 2.21. The molecule has 0 aromatic carbocycles. The topological polar surface area (TPSA) is 48.5 Å². The molecule has 17 heavy (non-hydrogen) atoms. The zero-order valence-electron chi connectivity index (χ0n) is 11.5. The first-order valence-electron chi connectivity index (χ1n) is 6.31. The molecule has 0 aliphatic heterocycles. The van der Waals surface area contributed by atoms with E-state index in [1.165, 1.54) is 12.8 Å². The van der Waals surface area contributed by atoms with E-state index in [4.69, 9.17) is 0 Å². The summed E-state index contributed by atoms with van der Waals surface area (Å²) < 4.78 is 0. The van der Waals surface area contributed by atoms with Gasteiger partial charge < -0.3 is 16.0 Å². The van der Waals surface area contributed by atoms with E-state index in [0.717, 1.165) is 25.6 Å². The van der Waals surface area contributed by atoms with Crippen molar-refractivity contribution in [3.63, 3.8) is 0 Å². The average molecular weight is 354 g/mol. The van der Waals surface area contributed by atoms with Gasteiger partial charge in [0.15, 0.2) is 5.96 Å². The van der Waals surface area contributed by atoms with Gasteiger partial charge in [-0.05, 0) is 40.5 Å². The minimum Gasteiger partial charge on any atom is -0.357 e. The molecule has 0 spiro atoms. The third kappa shape index (κ3) is 9.64. The molecule has 4 nitrogen and oxygen atoms in total. The first-order chi connectivity index (χ1) is 7.51. The number of guanidine groups is 1. The fourth-order valence-corrected chi connectivity index (χ4v) is 1.34. The molecular formula is C12H27IN4. The van der Waals surface area contributed by atoms with E-state index in [0.29, 0.717) is 6.04 Å². The lowest BCUT2D eigenvalue weighted by atomic mass is 10.1. The predicted octanol–water partition coefficient (Wildman–Crippen LogP) is 1.71. The molecule has 0 aromatic rings. The minimum absolute atomic E-state index is 0. The molecule has 0 atom stereocenters. The first-order valence-corrected chi connectivity index (χ1v) is 6.31. The number of hydrogen-bond donors (Lipinski definition) is 3. The number of halogens is 1. The summed E-state index contributed by atoms with van der Waals surface area (Å²) in [6, 6.07) is 0.661. The van der Waals surface area contributed by atoms with Crippen molar-refractivity contribution in [2.45, 2.75) is 52.1 Å². The summed E-state index contributed by atoms with van der Waals surface area (Å²) in [6.45, 7) is 11.3. The van der Waals surface area contributed by atoms with Crippen LogP contribution in [0.5, 0.6) is 0 Å². The van der Waals surface area contributed by atoms with Gasteiger partial charge in [0.1, 0.15) is 0 Å². The summed E-state index contributed by atoms with van der Waals surface area (Å²) in [5, 5.41) is 10.1. The van der Waals surface area contributed by atoms with Crippen molar-refractivity contribution in [1.82, 2.24) is 16.0 Å². The van der Waals surface area contributed by atoms with Crippen molar-refractivity contribution < 1.29 is 0 Å². The zero-order valence-corrected chi connectivity index (χ0v) is 13.8. The van der Waals surface area contributed by atoms with Crippen molar-refractivity contribution >= 4 is 29.9 Å². The first kappa shape index (κ1) is 17.0. The van der Waals surface area contributed by atoms with Crippen LogP contribution in [-0.2, 0) is 0 Å². The minimum atomic E-state index is 0. The summed E-state index contributed by atoms with van der Waals surface area (Å²) in [4.78, 5) is 4.53. The van der Waals surface area contributed by atoms with Gasteiger partial charge in [0, 0.05) is 24.7 Å². The Hall–Kier alpha value is -0.0400. The molecule has 1 fully saturated rings. The van der Waals surface area contributed by atoms with Crippen LogP contribution < -0.4 is 16.0 Å². The van der Waals surface area contributed by atoms with E-state index in [1.54, 1.807) is 0 Å². The Kier molecular flexibility index (Phi) is 8.11. The highest BCUT2D eigenvalue weighted by Crippen LogP contribution is 2.18. The third-order valence-electron chi connectivity index (χ3n) is 2.30. The molecule has 0 unspecified atom stereocenters. The van der Waals surface area contributed by atoms with Crippen LogP contribution in [0.4, 0.5) is 0 Å². The molecule has 102 valence electrons. The Morgan fingerprint density at radius 3 is 2.41 bits per heavy atom. The van der Waals surface area contributed by atoms with E-state index in [9.17, 15) is 0 Å². The fourth-order valence-electron chi connectivity index (χ4n) is 1.34. The van der Waals surface area contributed by atoms with Crippen molar-refractivity contribution in [2.24, 2.45) is 4.99 Å². The van der Waals surface area contributed by atoms with E-state index in [1.807, 2.05) is 0 Å². The van der Waals surface area contributed by atoms with Gasteiger partial charge in [-0.3, -0.25) is 4.99 Å². The Balaban J connectivity index is 0.00000256. The van der Waals surface area contributed by atoms with Gasteiger partial charge in [-0.15, -0.1) is 24.0 Å². The number of nitrogens with zero attached hydrogens (tertiary/aromatic N) is 1. The van der Waals surface area contributed by atoms with Gasteiger partial charge in [-0.25, -0.2) is 0 Å². The molecule has 0 aromatic heterocycles. The lowest BCUT2D eigenvalue weighted by molar-refractivity contribution is 0.432. The number of hydrogen-bond acceptors (Lipinski definition) is 2. The van der Waals surface area contributed by atoms with Gasteiger partial charge in [0.25, 0.3) is 0 Å². The molecule has 1 saturated carbocycles. The molecule has 0 heterocycles. The van der Waals surface area contributed by atoms with Crippen molar-refractivity contribution in [1.29, 1.82) is 0 Å². The van der Waals surface area contributed by atoms with Crippen molar-refractivity contribution in [3.8, 4) is 0 Å². The second-order valence-corrected chi connectivity index (χ2v) is 5.36. The second kappa shape index (κ2) is 8.13. The summed E-state index contributed by atoms with van der Waals surface area (Å²) in [5.74, 6) is 0.959. The summed E-state index contributed by atoms with van der Waals surface area (Å²) in [7, 11) is 0. The normalized spacial score (nSPS) is 16.4. The van der Waals surface area contributed by atoms with Gasteiger partial charge >= 0.3 is 0 Å². The molecule has 1 rings (SSSR count). The smallest absolute Gasteiger partial charge is 0.191 e. The molecule has 0 radical (unpaired) electrons. The van der Waals surface area contributed by atoms with Crippen LogP contribution in [-0.4, -0.2) is 37.2 Å². The maximum Gasteiger partial charge on any atom is 0.191 e. The maximum atomic E-state index is 4.53. The summed E-state index contributed by atoms with van der Waals surface area (Å²) in [6.07, 6.45) is 2.56. The zero-order chi connectivity index (χ0) is 12.0. The Labute approximate surface area is 122 Å². The number of nitrogens with one attached hydrogen (secondary N) is 3. The van der Waals surface area contributed by atoms with Crippen molar-refractivity contribution in [3.05, 3.63) is 0 Å². The van der Waals surface area contributed by atoms with Crippen LogP contribution in [0, 0.1) is 0 Å². The van der Waals surface area contributed by atoms with E-state index in [-0.39, 0.29) is 29.5 Å². The van der Waals surface area contributed by atoms with E-state index >= 15 is 0 Å². The number of aliphatic imine (C=N–C) groups is 1. The third-order valence-corrected chi connectivity index (χ3v) is 2.30. The monoisotopic (exact) mass is 354 g/mol. The van der Waals surface area contributed by atoms with Crippen LogP contribution in [0.2, 0.25) is 0 Å². The Morgan fingerprint density at radius 2 is 1.94 bits per heavy atom. The van der Waals surface area contributed by atoms with Gasteiger partial charge in [0.05, 0.1) is 6.54 Å². The summed E-state index contributed by atoms with van der Waals surface area (Å²) >= 11 is 0. The molecule has 0 amide bonds. The molecule has 3 N–H and O–H groups in total. The van der Waals surface area contributed by atoms with Crippen LogP contribution in [0.25, 0.3) is 0 Å². The SMILES string of the molecule is CCNC(=NCCNC(C)(C)C)NC1CC1.I. The Morgan fingerprint density at radius 1 is 1.29 bits per heavy atom. The standard InChI is InChI=1S/C12H26N4.HI/c1-5-13-11(16-10-6-7-10)14-8-9-15-12(2,3)4;/h10,15H,5-9H2,1-4H3,(H2,13,14,16);1H. The quantitative estimate of drug-likeness (QED) is 0.305. The average Bonchev–Trinajstić information content (AvgIpc) is 2.95. The molecule has 1 aliphatic rings. The highest BCUT2D eigenvalue weighted by atomic mass is 127. The molecule has 0 bridgehead atoms. The van der Waals surface area contributed by atoms with Gasteiger partial charge in [0.2, 0.25) is 0 Å². The van der Waals surface area contributed by atoms with E-state index < -0.39 is 0 Å². The maximum absolute atomic E-state index is 4.53. The van der Waals surface area contributed by atoms with Crippen LogP contribution in [0.3, 0.4) is 0 Å². The highest BCUT2D eigenvalue weighted by molar-refractivity contribution is 14.0. The van der Waals surface area contributed by atoms with E-state index in [2.05, 4.69) is 48.6 Å². The van der Waals surface area contributed by atoms with Crippen LogP contribution >= 0.6 is 24.0 Å². The Bertz CT molecular complexity index is 231. The fraction of sp³-hybridized carbons (Fsp3) is 0.917. The molecule has 1 aliphatic carbocycles. The second-order valence-electron chi connectivity index (χ2n) is 5.36. The van der Waals surface area contributed by atoms with Crippen molar-refractivity contribution in [2.75, 3.05) is 19.6 Å². The molecule has 5 heteroatoms. The number of rotatable bonds is 5. The lowest BCUT2D eigenvalue weighted by Gasteiger charge is -2.19. The van der Waals surface area contributed by atoms with Gasteiger partial charge in [-0.2, -0.15) is 0 Å². The predicted molar refractivity (Wildman–Crippen MR) is 85.3 cm³/mol. The van der Waals surface area contributed by atoms with Crippen LogP contribution in [0.15, 0.2) is 4.99 Å². The van der Waals surface area contributed by atoms with Crippen LogP contribution in [0.1, 0.15) is 40.5 Å². The van der Waals surface area contributed by atoms with Gasteiger partial charge in [-0.1, -0.05) is 0 Å². The lowest BCUT2D eigenvalue weighted by Crippen LogP contribution is -2.40. The molecule has 0 saturated heterocycles. The summed E-state index contributed by atoms with van der Waals surface area (Å²) in [5.41, 5.74) is 0.178.